The Morgan fingerprint density at radius 1 is 1.50 bits per heavy atom. The number of halogens is 1. The average Bonchev–Trinajstić information content (AvgIpc) is 1.56. The Balaban J connectivity index is 2.16. The van der Waals surface area contributed by atoms with E-state index in [9.17, 15) is 12.3 Å². The first-order valence-corrected chi connectivity index (χ1v) is 4.65. The monoisotopic (exact) mass is 167 g/mol. The maximum atomic E-state index is 11.8. The highest BCUT2D eigenvalue weighted by molar-refractivity contribution is 7.84. The van der Waals surface area contributed by atoms with Crippen molar-refractivity contribution in [1.82, 2.24) is 4.72 Å². The van der Waals surface area contributed by atoms with E-state index in [4.69, 9.17) is 0 Å². The van der Waals surface area contributed by atoms with Gasteiger partial charge < -0.3 is 0 Å². The average molecular weight is 167 g/mol. The lowest BCUT2D eigenvalue weighted by Crippen LogP contribution is -2.29. The summed E-state index contributed by atoms with van der Waals surface area (Å²) in [6.07, 6.45) is 3.17. The summed E-state index contributed by atoms with van der Waals surface area (Å²) in [5, 5.41) is 0. The van der Waals surface area contributed by atoms with E-state index in [2.05, 4.69) is 0 Å². The van der Waals surface area contributed by atoms with Crippen molar-refractivity contribution < 1.29 is 12.3 Å². The van der Waals surface area contributed by atoms with E-state index in [1.165, 1.54) is 0 Å². The van der Waals surface area contributed by atoms with Crippen molar-refractivity contribution in [2.24, 2.45) is 5.92 Å². The van der Waals surface area contributed by atoms with Gasteiger partial charge in [-0.3, -0.25) is 0 Å². The van der Waals surface area contributed by atoms with Crippen molar-refractivity contribution in [1.29, 1.82) is 0 Å². The van der Waals surface area contributed by atoms with E-state index in [1.807, 2.05) is 4.72 Å². The molecule has 0 bridgehead atoms. The Hall–Kier alpha value is -0.160. The summed E-state index contributed by atoms with van der Waals surface area (Å²) in [7, 11) is -4.45. The molecule has 1 aliphatic rings. The fourth-order valence-corrected chi connectivity index (χ4v) is 1.35. The van der Waals surface area contributed by atoms with Gasteiger partial charge in [-0.05, 0) is 18.8 Å². The van der Waals surface area contributed by atoms with Gasteiger partial charge in [0.25, 0.3) is 0 Å². The maximum absolute atomic E-state index is 11.8. The molecule has 1 N–H and O–H groups in total. The minimum absolute atomic E-state index is 0.263. The predicted molar refractivity (Wildman–Crippen MR) is 35.4 cm³/mol. The molecule has 10 heavy (non-hydrogen) atoms. The molecule has 0 spiro atoms. The minimum Gasteiger partial charge on any atom is -0.188 e. The molecule has 0 heterocycles. The summed E-state index contributed by atoms with van der Waals surface area (Å²) in [6, 6.07) is 0. The summed E-state index contributed by atoms with van der Waals surface area (Å²) in [5.41, 5.74) is 0. The molecule has 60 valence electrons. The Morgan fingerprint density at radius 2 is 2.10 bits per heavy atom. The summed E-state index contributed by atoms with van der Waals surface area (Å²) < 4.78 is 33.4. The van der Waals surface area contributed by atoms with Gasteiger partial charge in [0.15, 0.2) is 0 Å². The van der Waals surface area contributed by atoms with E-state index in [0.717, 1.165) is 19.3 Å². The molecule has 0 saturated heterocycles. The molecule has 0 radical (unpaired) electrons. The number of hydrogen-bond acceptors (Lipinski definition) is 2. The van der Waals surface area contributed by atoms with E-state index >= 15 is 0 Å². The van der Waals surface area contributed by atoms with E-state index in [1.54, 1.807) is 0 Å². The Kier molecular flexibility index (Phi) is 2.25. The first-order chi connectivity index (χ1) is 4.58. The highest BCUT2D eigenvalue weighted by Gasteiger charge is 2.19. The Labute approximate surface area is 60.0 Å². The quantitative estimate of drug-likeness (QED) is 0.625. The van der Waals surface area contributed by atoms with Crippen LogP contribution in [0.2, 0.25) is 0 Å². The molecular formula is C5H10FNO2S. The number of rotatable bonds is 3. The molecule has 0 unspecified atom stereocenters. The van der Waals surface area contributed by atoms with Gasteiger partial charge >= 0.3 is 10.4 Å². The van der Waals surface area contributed by atoms with Gasteiger partial charge in [-0.15, -0.1) is 0 Å². The molecule has 1 aliphatic carbocycles. The smallest absolute Gasteiger partial charge is 0.188 e. The van der Waals surface area contributed by atoms with E-state index in [0.29, 0.717) is 5.92 Å². The molecule has 1 fully saturated rings. The fraction of sp³-hybridized carbons (Fsp3) is 1.00. The summed E-state index contributed by atoms with van der Waals surface area (Å²) >= 11 is 0. The first kappa shape index (κ1) is 7.94. The SMILES string of the molecule is O=S(=O)(F)NCC1CCC1. The molecule has 1 rings (SSSR count). The zero-order chi connectivity index (χ0) is 7.61. The van der Waals surface area contributed by atoms with Crippen LogP contribution in [0.25, 0.3) is 0 Å². The van der Waals surface area contributed by atoms with Crippen LogP contribution in [0.15, 0.2) is 0 Å². The van der Waals surface area contributed by atoms with Crippen LogP contribution in [-0.4, -0.2) is 15.0 Å². The first-order valence-electron chi connectivity index (χ1n) is 3.27. The van der Waals surface area contributed by atoms with Gasteiger partial charge in [0.05, 0.1) is 0 Å². The molecule has 0 atom stereocenters. The van der Waals surface area contributed by atoms with Crippen molar-refractivity contribution in [2.45, 2.75) is 19.3 Å². The molecule has 0 aromatic carbocycles. The van der Waals surface area contributed by atoms with Crippen LogP contribution < -0.4 is 4.72 Å². The van der Waals surface area contributed by atoms with Crippen LogP contribution in [0, 0.1) is 5.92 Å². The minimum atomic E-state index is -4.45. The van der Waals surface area contributed by atoms with Crippen LogP contribution in [0.4, 0.5) is 3.89 Å². The zero-order valence-corrected chi connectivity index (χ0v) is 6.32. The second-order valence-electron chi connectivity index (χ2n) is 2.58. The van der Waals surface area contributed by atoms with Gasteiger partial charge in [0, 0.05) is 6.54 Å². The van der Waals surface area contributed by atoms with Gasteiger partial charge in [0.2, 0.25) is 0 Å². The summed E-state index contributed by atoms with van der Waals surface area (Å²) in [4.78, 5) is 0. The Bertz CT molecular complexity index is 198. The fourth-order valence-electron chi connectivity index (χ4n) is 0.914. The predicted octanol–water partition coefficient (Wildman–Crippen LogP) is 0.590. The van der Waals surface area contributed by atoms with Gasteiger partial charge in [-0.1, -0.05) is 10.3 Å². The second-order valence-corrected chi connectivity index (χ2v) is 3.75. The molecule has 1 saturated carbocycles. The lowest BCUT2D eigenvalue weighted by molar-refractivity contribution is 0.314. The maximum Gasteiger partial charge on any atom is 0.372 e. The van der Waals surface area contributed by atoms with Crippen LogP contribution in [0.5, 0.6) is 0 Å². The third kappa shape index (κ3) is 2.62. The van der Waals surface area contributed by atoms with Crippen molar-refractivity contribution >= 4 is 10.4 Å². The van der Waals surface area contributed by atoms with Gasteiger partial charge in [0.1, 0.15) is 0 Å². The second kappa shape index (κ2) is 2.84. The topological polar surface area (TPSA) is 46.2 Å². The largest absolute Gasteiger partial charge is 0.372 e. The van der Waals surface area contributed by atoms with Crippen LogP contribution >= 0.6 is 0 Å². The van der Waals surface area contributed by atoms with Crippen LogP contribution in [-0.2, 0) is 10.4 Å². The molecular weight excluding hydrogens is 157 g/mol. The molecule has 0 aromatic rings. The number of nitrogens with one attached hydrogen (secondary N) is 1. The highest BCUT2D eigenvalue weighted by Crippen LogP contribution is 2.25. The van der Waals surface area contributed by atoms with Gasteiger partial charge in [-0.25, -0.2) is 0 Å². The molecule has 3 nitrogen and oxygen atoms in total. The zero-order valence-electron chi connectivity index (χ0n) is 5.51. The third-order valence-electron chi connectivity index (χ3n) is 1.77. The molecule has 0 aliphatic heterocycles. The summed E-state index contributed by atoms with van der Waals surface area (Å²) in [6.45, 7) is 0.263. The molecule has 0 amide bonds. The van der Waals surface area contributed by atoms with Crippen molar-refractivity contribution in [3.05, 3.63) is 0 Å². The summed E-state index contributed by atoms with van der Waals surface area (Å²) in [5.74, 6) is 0.366. The molecule has 0 aromatic heterocycles. The normalized spacial score (nSPS) is 20.5. The highest BCUT2D eigenvalue weighted by atomic mass is 32.3. The lowest BCUT2D eigenvalue weighted by Gasteiger charge is -2.24. The van der Waals surface area contributed by atoms with Crippen molar-refractivity contribution in [3.8, 4) is 0 Å². The van der Waals surface area contributed by atoms with Crippen LogP contribution in [0.1, 0.15) is 19.3 Å². The molecule has 5 heteroatoms. The van der Waals surface area contributed by atoms with Crippen molar-refractivity contribution in [2.75, 3.05) is 6.54 Å². The van der Waals surface area contributed by atoms with E-state index < -0.39 is 10.4 Å². The van der Waals surface area contributed by atoms with Crippen molar-refractivity contribution in [3.63, 3.8) is 0 Å². The standard InChI is InChI=1S/C5H10FNO2S/c6-10(8,9)7-4-5-2-1-3-5/h5,7H,1-4H2. The van der Waals surface area contributed by atoms with E-state index in [-0.39, 0.29) is 6.54 Å². The lowest BCUT2D eigenvalue weighted by atomic mass is 9.86. The van der Waals surface area contributed by atoms with Crippen LogP contribution in [0.3, 0.4) is 0 Å². The third-order valence-corrected chi connectivity index (χ3v) is 2.28. The van der Waals surface area contributed by atoms with Gasteiger partial charge in [-0.2, -0.15) is 13.1 Å². The number of hydrogen-bond donors (Lipinski definition) is 1. The Morgan fingerprint density at radius 3 is 2.40 bits per heavy atom.